The summed E-state index contributed by atoms with van der Waals surface area (Å²) in [6.07, 6.45) is 4.34. The number of carbonyl (C=O) groups excluding carboxylic acids is 4. The monoisotopic (exact) mass is 465 g/mol. The number of methoxy groups -OCH3 is 1. The summed E-state index contributed by atoms with van der Waals surface area (Å²) in [7, 11) is 1.54. The summed E-state index contributed by atoms with van der Waals surface area (Å²) < 4.78 is 5.14. The highest BCUT2D eigenvalue weighted by Gasteiger charge is 2.49. The van der Waals surface area contributed by atoms with Gasteiger partial charge >= 0.3 is 6.03 Å². The Morgan fingerprint density at radius 3 is 2.38 bits per heavy atom. The van der Waals surface area contributed by atoms with E-state index in [2.05, 4.69) is 15.6 Å². The van der Waals surface area contributed by atoms with Gasteiger partial charge in [0, 0.05) is 37.1 Å². The topological polar surface area (TPSA) is 121 Å². The number of carbonyl (C=O) groups is 4. The van der Waals surface area contributed by atoms with Gasteiger partial charge in [0.05, 0.1) is 7.11 Å². The first-order valence-electron chi connectivity index (χ1n) is 11.1. The maximum atomic E-state index is 13.1. The van der Waals surface area contributed by atoms with Gasteiger partial charge in [0.25, 0.3) is 11.8 Å². The highest BCUT2D eigenvalue weighted by atomic mass is 16.5. The van der Waals surface area contributed by atoms with E-state index in [4.69, 9.17) is 4.74 Å². The van der Waals surface area contributed by atoms with Crippen LogP contribution >= 0.6 is 0 Å². The van der Waals surface area contributed by atoms with Gasteiger partial charge in [-0.05, 0) is 49.6 Å². The minimum Gasteiger partial charge on any atom is -0.497 e. The Labute approximate surface area is 197 Å². The van der Waals surface area contributed by atoms with E-state index in [-0.39, 0.29) is 18.5 Å². The molecule has 1 aromatic heterocycles. The molecule has 10 heteroatoms. The molecule has 0 spiro atoms. The minimum absolute atomic E-state index is 0.0654. The SMILES string of the molecule is COc1ccc(C2(C)NC(=O)N(CC(=O)NC3CCN(C(=O)c4ccncc4)CC3)C2=O)cc1. The number of pyridine rings is 1. The first-order valence-corrected chi connectivity index (χ1v) is 11.1. The molecule has 2 aliphatic heterocycles. The molecule has 34 heavy (non-hydrogen) atoms. The van der Waals surface area contributed by atoms with E-state index in [1.165, 1.54) is 0 Å². The average molecular weight is 466 g/mol. The van der Waals surface area contributed by atoms with Crippen LogP contribution in [0.5, 0.6) is 5.75 Å². The lowest BCUT2D eigenvalue weighted by Crippen LogP contribution is -2.49. The number of nitrogens with zero attached hydrogens (tertiary/aromatic N) is 3. The van der Waals surface area contributed by atoms with Crippen LogP contribution in [-0.4, -0.2) is 71.3 Å². The van der Waals surface area contributed by atoms with Gasteiger partial charge in [-0.3, -0.25) is 24.3 Å². The lowest BCUT2D eigenvalue weighted by Gasteiger charge is -2.32. The Balaban J connectivity index is 1.31. The Morgan fingerprint density at radius 2 is 1.76 bits per heavy atom. The molecular formula is C24H27N5O5. The molecule has 2 fully saturated rings. The Hall–Kier alpha value is -3.95. The van der Waals surface area contributed by atoms with Gasteiger partial charge in [0.15, 0.2) is 0 Å². The van der Waals surface area contributed by atoms with Gasteiger partial charge in [0.2, 0.25) is 5.91 Å². The third-order valence-electron chi connectivity index (χ3n) is 6.32. The Kier molecular flexibility index (Phi) is 6.49. The number of benzene rings is 1. The summed E-state index contributed by atoms with van der Waals surface area (Å²) in [6, 6.07) is 9.44. The zero-order valence-corrected chi connectivity index (χ0v) is 19.1. The number of likely N-dealkylation sites (tertiary alicyclic amines) is 1. The standard InChI is InChI=1S/C24H27N5O5/c1-24(17-3-5-19(34-2)6-4-17)22(32)29(23(33)27-24)15-20(30)26-18-9-13-28(14-10-18)21(31)16-7-11-25-12-8-16/h3-8,11-12,18H,9-10,13-15H2,1-2H3,(H,26,30)(H,27,33). The largest absolute Gasteiger partial charge is 0.497 e. The molecule has 0 radical (unpaired) electrons. The molecule has 1 atom stereocenters. The van der Waals surface area contributed by atoms with E-state index in [0.717, 1.165) is 4.90 Å². The lowest BCUT2D eigenvalue weighted by atomic mass is 9.92. The van der Waals surface area contributed by atoms with Crippen LogP contribution in [0.15, 0.2) is 48.8 Å². The van der Waals surface area contributed by atoms with E-state index in [1.54, 1.807) is 67.7 Å². The highest BCUT2D eigenvalue weighted by molar-refractivity contribution is 6.09. The fourth-order valence-corrected chi connectivity index (χ4v) is 4.28. The summed E-state index contributed by atoms with van der Waals surface area (Å²) in [6.45, 7) is 2.25. The predicted octanol–water partition coefficient (Wildman–Crippen LogP) is 1.28. The first kappa shape index (κ1) is 23.2. The summed E-state index contributed by atoms with van der Waals surface area (Å²) in [4.78, 5) is 57.4. The van der Waals surface area contributed by atoms with Crippen molar-refractivity contribution in [1.82, 2.24) is 25.4 Å². The Morgan fingerprint density at radius 1 is 1.12 bits per heavy atom. The molecule has 4 rings (SSSR count). The third-order valence-corrected chi connectivity index (χ3v) is 6.32. The van der Waals surface area contributed by atoms with E-state index in [0.29, 0.717) is 42.8 Å². The third kappa shape index (κ3) is 4.57. The second-order valence-corrected chi connectivity index (χ2v) is 8.54. The van der Waals surface area contributed by atoms with Gasteiger partial charge in [-0.25, -0.2) is 4.79 Å². The van der Waals surface area contributed by atoms with Crippen LogP contribution < -0.4 is 15.4 Å². The number of piperidine rings is 1. The maximum absolute atomic E-state index is 13.1. The summed E-state index contributed by atoms with van der Waals surface area (Å²) >= 11 is 0. The van der Waals surface area contributed by atoms with Crippen molar-refractivity contribution >= 4 is 23.8 Å². The van der Waals surface area contributed by atoms with E-state index in [1.807, 2.05) is 0 Å². The smallest absolute Gasteiger partial charge is 0.325 e. The number of imide groups is 1. The molecule has 178 valence electrons. The molecule has 2 N–H and O–H groups in total. The number of hydrogen-bond acceptors (Lipinski definition) is 6. The van der Waals surface area contributed by atoms with Crippen LogP contribution in [0.4, 0.5) is 4.79 Å². The molecule has 0 bridgehead atoms. The number of ether oxygens (including phenoxy) is 1. The molecule has 2 aliphatic rings. The summed E-state index contributed by atoms with van der Waals surface area (Å²) in [5.74, 6) is -0.338. The molecule has 2 saturated heterocycles. The fraction of sp³-hybridized carbons (Fsp3) is 0.375. The van der Waals surface area contributed by atoms with Gasteiger partial charge in [0.1, 0.15) is 17.8 Å². The van der Waals surface area contributed by atoms with Crippen molar-refractivity contribution in [2.75, 3.05) is 26.7 Å². The number of aromatic nitrogens is 1. The second kappa shape index (κ2) is 9.50. The lowest BCUT2D eigenvalue weighted by molar-refractivity contribution is -0.135. The second-order valence-electron chi connectivity index (χ2n) is 8.54. The zero-order chi connectivity index (χ0) is 24.3. The molecule has 5 amide bonds. The molecular weight excluding hydrogens is 438 g/mol. The van der Waals surface area contributed by atoms with Crippen LogP contribution in [0.1, 0.15) is 35.7 Å². The van der Waals surface area contributed by atoms with Crippen molar-refractivity contribution in [2.45, 2.75) is 31.3 Å². The quantitative estimate of drug-likeness (QED) is 0.620. The molecule has 0 saturated carbocycles. The number of nitrogens with one attached hydrogen (secondary N) is 2. The highest BCUT2D eigenvalue weighted by Crippen LogP contribution is 2.30. The molecule has 3 heterocycles. The van der Waals surface area contributed by atoms with Crippen molar-refractivity contribution in [3.8, 4) is 5.75 Å². The summed E-state index contributed by atoms with van der Waals surface area (Å²) in [5.41, 5.74) is -0.0841. The first-order chi connectivity index (χ1) is 16.3. The van der Waals surface area contributed by atoms with Gasteiger partial charge < -0.3 is 20.3 Å². The van der Waals surface area contributed by atoms with Crippen molar-refractivity contribution in [1.29, 1.82) is 0 Å². The molecule has 2 aromatic rings. The number of hydrogen-bond donors (Lipinski definition) is 2. The van der Waals surface area contributed by atoms with Crippen LogP contribution in [0.25, 0.3) is 0 Å². The van der Waals surface area contributed by atoms with E-state index < -0.39 is 23.4 Å². The maximum Gasteiger partial charge on any atom is 0.325 e. The van der Waals surface area contributed by atoms with Gasteiger partial charge in [-0.15, -0.1) is 0 Å². The molecule has 10 nitrogen and oxygen atoms in total. The zero-order valence-electron chi connectivity index (χ0n) is 19.1. The Bertz CT molecular complexity index is 1080. The van der Waals surface area contributed by atoms with Crippen molar-refractivity contribution in [3.05, 3.63) is 59.9 Å². The number of urea groups is 1. The van der Waals surface area contributed by atoms with Crippen molar-refractivity contribution in [3.63, 3.8) is 0 Å². The fourth-order valence-electron chi connectivity index (χ4n) is 4.28. The molecule has 1 aromatic carbocycles. The molecule has 1 unspecified atom stereocenters. The van der Waals surface area contributed by atoms with Gasteiger partial charge in [-0.1, -0.05) is 12.1 Å². The minimum atomic E-state index is -1.26. The van der Waals surface area contributed by atoms with Crippen molar-refractivity contribution < 1.29 is 23.9 Å². The number of amides is 5. The summed E-state index contributed by atoms with van der Waals surface area (Å²) in [5, 5.41) is 5.59. The van der Waals surface area contributed by atoms with Crippen molar-refractivity contribution in [2.24, 2.45) is 0 Å². The predicted molar refractivity (Wildman–Crippen MR) is 122 cm³/mol. The van der Waals surface area contributed by atoms with Crippen LogP contribution in [0, 0.1) is 0 Å². The normalized spacial score (nSPS) is 20.8. The number of rotatable bonds is 6. The van der Waals surface area contributed by atoms with Crippen LogP contribution in [0.3, 0.4) is 0 Å². The van der Waals surface area contributed by atoms with Gasteiger partial charge in [-0.2, -0.15) is 0 Å². The van der Waals surface area contributed by atoms with Crippen LogP contribution in [0.2, 0.25) is 0 Å². The average Bonchev–Trinajstić information content (AvgIpc) is 3.08. The van der Waals surface area contributed by atoms with Crippen LogP contribution in [-0.2, 0) is 15.1 Å². The molecule has 0 aliphatic carbocycles. The van der Waals surface area contributed by atoms with E-state index >= 15 is 0 Å². The van der Waals surface area contributed by atoms with E-state index in [9.17, 15) is 19.2 Å².